The van der Waals surface area contributed by atoms with Gasteiger partial charge in [-0.15, -0.1) is 0 Å². The molecule has 0 N–H and O–H groups in total. The van der Waals surface area contributed by atoms with Crippen LogP contribution < -0.4 is 20.9 Å². The second-order valence-electron chi connectivity index (χ2n) is 11.5. The molecule has 4 aromatic carbocycles. The van der Waals surface area contributed by atoms with Crippen molar-refractivity contribution in [3.05, 3.63) is 150 Å². The van der Waals surface area contributed by atoms with Crippen LogP contribution in [0.15, 0.2) is 84.9 Å². The quantitative estimate of drug-likeness (QED) is 0.332. The molecule has 0 spiro atoms. The molecule has 182 valence electrons. The van der Waals surface area contributed by atoms with Gasteiger partial charge >= 0.3 is 0 Å². The number of hydrogen-bond donors (Lipinski definition) is 0. The van der Waals surface area contributed by atoms with Gasteiger partial charge in [0.15, 0.2) is 0 Å². The van der Waals surface area contributed by atoms with Crippen LogP contribution in [0.4, 0.5) is 0 Å². The predicted octanol–water partition coefficient (Wildman–Crippen LogP) is 5.87. The summed E-state index contributed by atoms with van der Waals surface area (Å²) in [6, 6.07) is 27.7. The molecule has 0 radical (unpaired) electrons. The fraction of sp³-hybridized carbons (Fsp3) is 0.158. The van der Waals surface area contributed by atoms with E-state index in [4.69, 9.17) is 0 Å². The Morgan fingerprint density at radius 3 is 1.24 bits per heavy atom. The summed E-state index contributed by atoms with van der Waals surface area (Å²) < 4.78 is 0. The minimum atomic E-state index is 0.264. The SMILES string of the molecule is Cc1cc2c(cc1C)=C(C1C=Cc3ccccc31)C1=c3cc(C)c(C)cc3=C(C3C=Cc4ccccc43)C=21. The molecular weight excluding hydrogens is 456 g/mol. The largest absolute Gasteiger partial charge is 0.0720 e. The van der Waals surface area contributed by atoms with Crippen molar-refractivity contribution in [3.63, 3.8) is 0 Å². The van der Waals surface area contributed by atoms with Gasteiger partial charge < -0.3 is 0 Å². The lowest BCUT2D eigenvalue weighted by atomic mass is 9.83. The van der Waals surface area contributed by atoms with E-state index in [9.17, 15) is 0 Å². The zero-order valence-corrected chi connectivity index (χ0v) is 22.4. The highest BCUT2D eigenvalue weighted by Gasteiger charge is 2.37. The fourth-order valence-electron chi connectivity index (χ4n) is 7.24. The third-order valence-corrected chi connectivity index (χ3v) is 9.40. The molecule has 4 aliphatic carbocycles. The Hall–Kier alpha value is -4.16. The zero-order chi connectivity index (χ0) is 25.7. The van der Waals surface area contributed by atoms with E-state index >= 15 is 0 Å². The Morgan fingerprint density at radius 1 is 0.447 bits per heavy atom. The van der Waals surface area contributed by atoms with Gasteiger partial charge in [0, 0.05) is 11.8 Å². The van der Waals surface area contributed by atoms with E-state index in [0.717, 1.165) is 0 Å². The maximum Gasteiger partial charge on any atom is 0.0291 e. The summed E-state index contributed by atoms with van der Waals surface area (Å²) >= 11 is 0. The van der Waals surface area contributed by atoms with Gasteiger partial charge in [-0.05, 0) is 115 Å². The van der Waals surface area contributed by atoms with Crippen molar-refractivity contribution in [2.45, 2.75) is 39.5 Å². The van der Waals surface area contributed by atoms with Gasteiger partial charge in [-0.3, -0.25) is 0 Å². The van der Waals surface area contributed by atoms with E-state index in [1.807, 2.05) is 0 Å². The van der Waals surface area contributed by atoms with Crippen molar-refractivity contribution >= 4 is 34.4 Å². The van der Waals surface area contributed by atoms with E-state index in [0.29, 0.717) is 0 Å². The highest BCUT2D eigenvalue weighted by Crippen LogP contribution is 2.49. The summed E-state index contributed by atoms with van der Waals surface area (Å²) in [5, 5.41) is 5.66. The topological polar surface area (TPSA) is 0 Å². The molecule has 0 fully saturated rings. The molecule has 4 aromatic rings. The molecule has 0 saturated heterocycles. The molecule has 0 bridgehead atoms. The summed E-state index contributed by atoms with van der Waals surface area (Å²) in [6.07, 6.45) is 9.50. The molecule has 38 heavy (non-hydrogen) atoms. The fourth-order valence-corrected chi connectivity index (χ4v) is 7.24. The number of rotatable bonds is 2. The van der Waals surface area contributed by atoms with E-state index in [2.05, 4.69) is 125 Å². The van der Waals surface area contributed by atoms with E-state index in [1.165, 1.54) is 87.7 Å². The van der Waals surface area contributed by atoms with Gasteiger partial charge in [-0.2, -0.15) is 0 Å². The molecule has 8 rings (SSSR count). The molecule has 2 unspecified atom stereocenters. The first-order valence-corrected chi connectivity index (χ1v) is 13.8. The Kier molecular flexibility index (Phi) is 4.42. The number of fused-ring (bicyclic) bond motifs is 5. The van der Waals surface area contributed by atoms with Crippen LogP contribution in [0.5, 0.6) is 0 Å². The summed E-state index contributed by atoms with van der Waals surface area (Å²) in [6.45, 7) is 9.05. The smallest absolute Gasteiger partial charge is 0.0291 e. The average molecular weight is 487 g/mol. The molecule has 0 heteroatoms. The number of allylic oxidation sites excluding steroid dienone is 2. The third kappa shape index (κ3) is 2.81. The molecule has 4 aliphatic rings. The summed E-state index contributed by atoms with van der Waals surface area (Å²) in [4.78, 5) is 0. The van der Waals surface area contributed by atoms with Gasteiger partial charge in [0.1, 0.15) is 0 Å². The van der Waals surface area contributed by atoms with Crippen LogP contribution in [-0.4, -0.2) is 0 Å². The van der Waals surface area contributed by atoms with Gasteiger partial charge in [-0.25, -0.2) is 0 Å². The Morgan fingerprint density at radius 2 is 0.816 bits per heavy atom. The van der Waals surface area contributed by atoms with Crippen LogP contribution in [0.1, 0.15) is 56.3 Å². The first-order valence-electron chi connectivity index (χ1n) is 13.8. The third-order valence-electron chi connectivity index (χ3n) is 9.40. The maximum atomic E-state index is 2.47. The summed E-state index contributed by atoms with van der Waals surface area (Å²) in [7, 11) is 0. The second kappa shape index (κ2) is 7.68. The van der Waals surface area contributed by atoms with E-state index < -0.39 is 0 Å². The standard InChI is InChI=1S/C38H30/c1-21-17-31-33(19-23(21)3)37-36(30-16-14-26-10-6-8-12-28(26)30)32-18-22(2)24(4)20-34(32)38(37)35(31)29-15-13-25-9-5-7-11-27(25)29/h5-20,29-30H,1-4H3. The molecular formula is C38H30. The highest BCUT2D eigenvalue weighted by molar-refractivity contribution is 6.29. The van der Waals surface area contributed by atoms with Crippen molar-refractivity contribution < 1.29 is 0 Å². The zero-order valence-electron chi connectivity index (χ0n) is 22.4. The lowest BCUT2D eigenvalue weighted by Crippen LogP contribution is -2.31. The van der Waals surface area contributed by atoms with Crippen molar-refractivity contribution in [1.29, 1.82) is 0 Å². The van der Waals surface area contributed by atoms with E-state index in [-0.39, 0.29) is 11.8 Å². The van der Waals surface area contributed by atoms with Crippen LogP contribution in [0.2, 0.25) is 0 Å². The van der Waals surface area contributed by atoms with Crippen LogP contribution in [0.3, 0.4) is 0 Å². The van der Waals surface area contributed by atoms with Crippen LogP contribution in [0.25, 0.3) is 34.4 Å². The molecule has 0 aromatic heterocycles. The summed E-state index contributed by atoms with van der Waals surface area (Å²) in [5.74, 6) is 0.527. The van der Waals surface area contributed by atoms with Crippen LogP contribution in [-0.2, 0) is 0 Å². The predicted molar refractivity (Wildman–Crippen MR) is 160 cm³/mol. The van der Waals surface area contributed by atoms with Crippen molar-refractivity contribution in [2.75, 3.05) is 0 Å². The molecule has 0 nitrogen and oxygen atoms in total. The van der Waals surface area contributed by atoms with Crippen LogP contribution in [0, 0.1) is 27.7 Å². The first-order chi connectivity index (χ1) is 18.5. The van der Waals surface area contributed by atoms with Crippen LogP contribution >= 0.6 is 0 Å². The Labute approximate surface area is 224 Å². The first kappa shape index (κ1) is 21.9. The minimum Gasteiger partial charge on any atom is -0.0720 e. The van der Waals surface area contributed by atoms with Gasteiger partial charge in [0.2, 0.25) is 0 Å². The summed E-state index contributed by atoms with van der Waals surface area (Å²) in [5.41, 5.74) is 16.9. The number of benzene rings is 4. The molecule has 0 amide bonds. The molecule has 0 saturated carbocycles. The normalized spacial score (nSPS) is 19.7. The minimum absolute atomic E-state index is 0.264. The van der Waals surface area contributed by atoms with Crippen molar-refractivity contribution in [3.8, 4) is 0 Å². The second-order valence-corrected chi connectivity index (χ2v) is 11.5. The maximum absolute atomic E-state index is 2.47. The Bertz CT molecular complexity index is 1910. The molecule has 2 atom stereocenters. The monoisotopic (exact) mass is 486 g/mol. The average Bonchev–Trinajstić information content (AvgIpc) is 3.67. The van der Waals surface area contributed by atoms with E-state index in [1.54, 1.807) is 0 Å². The lowest BCUT2D eigenvalue weighted by Gasteiger charge is -2.19. The number of hydrogen-bond acceptors (Lipinski definition) is 0. The van der Waals surface area contributed by atoms with Gasteiger partial charge in [0.25, 0.3) is 0 Å². The highest BCUT2D eigenvalue weighted by atomic mass is 14.4. The Balaban J connectivity index is 1.54. The van der Waals surface area contributed by atoms with Crippen molar-refractivity contribution in [1.82, 2.24) is 0 Å². The lowest BCUT2D eigenvalue weighted by molar-refractivity contribution is 1.13. The molecule has 0 heterocycles. The van der Waals surface area contributed by atoms with Crippen molar-refractivity contribution in [2.24, 2.45) is 0 Å². The van der Waals surface area contributed by atoms with Gasteiger partial charge in [0.05, 0.1) is 0 Å². The van der Waals surface area contributed by atoms with Gasteiger partial charge in [-0.1, -0.05) is 97.1 Å². The molecule has 0 aliphatic heterocycles. The number of aryl methyl sites for hydroxylation is 4.